The second kappa shape index (κ2) is 4.30. The Balaban J connectivity index is 2.75. The summed E-state index contributed by atoms with van der Waals surface area (Å²) in [7, 11) is 0. The van der Waals surface area contributed by atoms with Gasteiger partial charge in [-0.1, -0.05) is 13.3 Å². The molecule has 1 fully saturated rings. The molecule has 1 aliphatic carbocycles. The molecule has 14 heavy (non-hydrogen) atoms. The Morgan fingerprint density at radius 1 is 1.57 bits per heavy atom. The molecule has 0 heterocycles. The number of carbonyl (C=O) groups excluding carboxylic acids is 1. The molecule has 3 atom stereocenters. The minimum atomic E-state index is -0.343. The Morgan fingerprint density at radius 2 is 2.21 bits per heavy atom. The van der Waals surface area contributed by atoms with Gasteiger partial charge in [0.25, 0.3) is 0 Å². The zero-order valence-electron chi connectivity index (χ0n) is 9.38. The first-order valence-electron chi connectivity index (χ1n) is 5.47. The minimum Gasteiger partial charge on any atom is -0.466 e. The lowest BCUT2D eigenvalue weighted by Gasteiger charge is -2.28. The van der Waals surface area contributed by atoms with Crippen molar-refractivity contribution in [2.45, 2.75) is 46.1 Å². The Bertz CT molecular complexity index is 217. The number of hydrogen-bond acceptors (Lipinski definition) is 3. The molecule has 0 amide bonds. The van der Waals surface area contributed by atoms with Crippen molar-refractivity contribution in [2.24, 2.45) is 17.1 Å². The second-order valence-corrected chi connectivity index (χ2v) is 4.44. The van der Waals surface area contributed by atoms with Gasteiger partial charge < -0.3 is 10.5 Å². The third-order valence-electron chi connectivity index (χ3n) is 3.41. The first-order chi connectivity index (χ1) is 6.54. The number of nitrogens with two attached hydrogens (primary N) is 1. The van der Waals surface area contributed by atoms with E-state index in [0.717, 1.165) is 19.3 Å². The number of hydrogen-bond donors (Lipinski definition) is 1. The normalized spacial score (nSPS) is 37.1. The van der Waals surface area contributed by atoms with Crippen molar-refractivity contribution in [2.75, 3.05) is 6.61 Å². The van der Waals surface area contributed by atoms with Gasteiger partial charge in [0.15, 0.2) is 0 Å². The third kappa shape index (κ3) is 1.92. The number of ether oxygens (including phenoxy) is 1. The van der Waals surface area contributed by atoms with Gasteiger partial charge in [0.1, 0.15) is 0 Å². The fraction of sp³-hybridized carbons (Fsp3) is 0.909. The molecule has 2 unspecified atom stereocenters. The lowest BCUT2D eigenvalue weighted by molar-refractivity contribution is -0.156. The van der Waals surface area contributed by atoms with Gasteiger partial charge in [0.2, 0.25) is 0 Å². The predicted molar refractivity (Wildman–Crippen MR) is 55.7 cm³/mol. The summed E-state index contributed by atoms with van der Waals surface area (Å²) >= 11 is 0. The molecule has 0 aliphatic heterocycles. The monoisotopic (exact) mass is 199 g/mol. The molecule has 82 valence electrons. The van der Waals surface area contributed by atoms with Crippen molar-refractivity contribution in [3.63, 3.8) is 0 Å². The molecule has 0 aromatic rings. The molecule has 2 N–H and O–H groups in total. The lowest BCUT2D eigenvalue weighted by Crippen LogP contribution is -2.34. The highest BCUT2D eigenvalue weighted by atomic mass is 16.5. The summed E-state index contributed by atoms with van der Waals surface area (Å²) in [6, 6.07) is 0.161. The van der Waals surface area contributed by atoms with Crippen molar-refractivity contribution >= 4 is 5.97 Å². The average molecular weight is 199 g/mol. The van der Waals surface area contributed by atoms with Crippen LogP contribution in [-0.2, 0) is 9.53 Å². The van der Waals surface area contributed by atoms with E-state index in [-0.39, 0.29) is 17.4 Å². The zero-order valence-corrected chi connectivity index (χ0v) is 9.38. The van der Waals surface area contributed by atoms with Gasteiger partial charge in [0, 0.05) is 6.04 Å². The smallest absolute Gasteiger partial charge is 0.312 e. The van der Waals surface area contributed by atoms with E-state index >= 15 is 0 Å². The van der Waals surface area contributed by atoms with E-state index in [4.69, 9.17) is 10.5 Å². The standard InChI is InChI=1S/C11H21NO2/c1-4-8-6-9(12)7-11(8,3)10(13)14-5-2/h8-9H,4-7,12H2,1-3H3/t8?,9-,11?/m1/s1. The van der Waals surface area contributed by atoms with Gasteiger partial charge in [-0.2, -0.15) is 0 Å². The molecule has 0 bridgehead atoms. The van der Waals surface area contributed by atoms with Crippen molar-refractivity contribution < 1.29 is 9.53 Å². The number of carbonyl (C=O) groups is 1. The summed E-state index contributed by atoms with van der Waals surface area (Å²) in [4.78, 5) is 11.8. The SMILES string of the molecule is CCOC(=O)C1(C)C[C@H](N)CC1CC. The maximum atomic E-state index is 11.8. The maximum absolute atomic E-state index is 11.8. The summed E-state index contributed by atoms with van der Waals surface area (Å²) in [5, 5.41) is 0. The van der Waals surface area contributed by atoms with E-state index < -0.39 is 0 Å². The van der Waals surface area contributed by atoms with Crippen LogP contribution in [0.5, 0.6) is 0 Å². The summed E-state index contributed by atoms with van der Waals surface area (Å²) in [5.74, 6) is 0.316. The van der Waals surface area contributed by atoms with Crippen LogP contribution < -0.4 is 5.73 Å². The molecule has 0 spiro atoms. The number of esters is 1. The highest BCUT2D eigenvalue weighted by Crippen LogP contribution is 2.45. The molecule has 0 aromatic heterocycles. The first-order valence-corrected chi connectivity index (χ1v) is 5.47. The minimum absolute atomic E-state index is 0.0696. The fourth-order valence-corrected chi connectivity index (χ4v) is 2.58. The summed E-state index contributed by atoms with van der Waals surface area (Å²) in [5.41, 5.74) is 5.56. The molecule has 0 aromatic carbocycles. The van der Waals surface area contributed by atoms with Crippen molar-refractivity contribution in [1.82, 2.24) is 0 Å². The highest BCUT2D eigenvalue weighted by molar-refractivity contribution is 5.77. The average Bonchev–Trinajstić information content (AvgIpc) is 2.43. The quantitative estimate of drug-likeness (QED) is 0.704. The summed E-state index contributed by atoms with van der Waals surface area (Å²) < 4.78 is 5.11. The first kappa shape index (κ1) is 11.5. The molecule has 3 nitrogen and oxygen atoms in total. The van der Waals surface area contributed by atoms with E-state index in [0.29, 0.717) is 12.5 Å². The van der Waals surface area contributed by atoms with E-state index in [1.54, 1.807) is 0 Å². The van der Waals surface area contributed by atoms with Gasteiger partial charge in [-0.3, -0.25) is 4.79 Å². The lowest BCUT2D eigenvalue weighted by atomic mass is 9.78. The van der Waals surface area contributed by atoms with Crippen LogP contribution in [0.25, 0.3) is 0 Å². The van der Waals surface area contributed by atoms with Crippen LogP contribution >= 0.6 is 0 Å². The van der Waals surface area contributed by atoms with Crippen molar-refractivity contribution in [3.05, 3.63) is 0 Å². The van der Waals surface area contributed by atoms with Crippen molar-refractivity contribution in [1.29, 1.82) is 0 Å². The van der Waals surface area contributed by atoms with Crippen LogP contribution in [0, 0.1) is 11.3 Å². The number of rotatable bonds is 3. The summed E-state index contributed by atoms with van der Waals surface area (Å²) in [6.45, 7) is 6.41. The molecule has 3 heteroatoms. The van der Waals surface area contributed by atoms with Gasteiger partial charge in [-0.25, -0.2) is 0 Å². The van der Waals surface area contributed by atoms with Crippen LogP contribution in [-0.4, -0.2) is 18.6 Å². The Labute approximate surface area is 86.0 Å². The Morgan fingerprint density at radius 3 is 2.71 bits per heavy atom. The predicted octanol–water partition coefficient (Wildman–Crippen LogP) is 1.70. The van der Waals surface area contributed by atoms with E-state index in [1.165, 1.54) is 0 Å². The Hall–Kier alpha value is -0.570. The fourth-order valence-electron chi connectivity index (χ4n) is 2.58. The van der Waals surface area contributed by atoms with Crippen LogP contribution in [0.1, 0.15) is 40.0 Å². The van der Waals surface area contributed by atoms with Gasteiger partial charge in [-0.05, 0) is 32.6 Å². The Kier molecular flexibility index (Phi) is 3.53. The van der Waals surface area contributed by atoms with Crippen LogP contribution in [0.15, 0.2) is 0 Å². The highest BCUT2D eigenvalue weighted by Gasteiger charge is 2.48. The van der Waals surface area contributed by atoms with E-state index in [9.17, 15) is 4.79 Å². The molecule has 1 aliphatic rings. The van der Waals surface area contributed by atoms with Gasteiger partial charge >= 0.3 is 5.97 Å². The molecule has 0 saturated heterocycles. The topological polar surface area (TPSA) is 52.3 Å². The largest absolute Gasteiger partial charge is 0.466 e. The van der Waals surface area contributed by atoms with Crippen LogP contribution in [0.2, 0.25) is 0 Å². The summed E-state index contributed by atoms with van der Waals surface area (Å²) in [6.07, 6.45) is 2.72. The van der Waals surface area contributed by atoms with E-state index in [2.05, 4.69) is 6.92 Å². The second-order valence-electron chi connectivity index (χ2n) is 4.44. The van der Waals surface area contributed by atoms with Crippen LogP contribution in [0.4, 0.5) is 0 Å². The molecular weight excluding hydrogens is 178 g/mol. The van der Waals surface area contributed by atoms with Gasteiger partial charge in [-0.15, -0.1) is 0 Å². The van der Waals surface area contributed by atoms with Crippen LogP contribution in [0.3, 0.4) is 0 Å². The third-order valence-corrected chi connectivity index (χ3v) is 3.41. The molecule has 0 radical (unpaired) electrons. The van der Waals surface area contributed by atoms with Gasteiger partial charge in [0.05, 0.1) is 12.0 Å². The van der Waals surface area contributed by atoms with Crippen molar-refractivity contribution in [3.8, 4) is 0 Å². The molecular formula is C11H21NO2. The molecule has 1 rings (SSSR count). The molecule has 1 saturated carbocycles. The zero-order chi connectivity index (χ0) is 10.8. The maximum Gasteiger partial charge on any atom is 0.312 e. The van der Waals surface area contributed by atoms with E-state index in [1.807, 2.05) is 13.8 Å².